The molecule has 7 aromatic carbocycles. The predicted octanol–water partition coefficient (Wildman–Crippen LogP) is 20.8. The summed E-state index contributed by atoms with van der Waals surface area (Å²) in [6.45, 7) is 20.4. The fraction of sp³-hybridized carbons (Fsp3) is 0.386. The Balaban J connectivity index is 1.21. The van der Waals surface area contributed by atoms with Crippen LogP contribution in [0.5, 0.6) is 0 Å². The van der Waals surface area contributed by atoms with Gasteiger partial charge in [-0.3, -0.25) is 0 Å². The van der Waals surface area contributed by atoms with Gasteiger partial charge in [0.05, 0.1) is 0 Å². The first kappa shape index (κ1) is 48.9. The van der Waals surface area contributed by atoms with Crippen LogP contribution in [0.15, 0.2) is 146 Å². The summed E-state index contributed by atoms with van der Waals surface area (Å²) in [4.78, 5) is 2.69. The van der Waals surface area contributed by atoms with Crippen LogP contribution in [0.25, 0.3) is 44.5 Å². The van der Waals surface area contributed by atoms with Gasteiger partial charge in [0.15, 0.2) is 0 Å². The standard InChI is InChI=1S/C70H79N/c1-8-14-40-68(41-15-9-2)62-26-22-20-24-56(62)59-37-33-53(47-65(59)68)71(54-34-38-60-57-25-21-23-27-63(57)69(42-16-10-3,43-17-11-4)66(60)48-54)55-35-39-61-58-36-32-52(51-30-28-50(7)29-31-51)46-64(58)70(44-18-12-5,45-19-13-6)67(61)49-55/h7,20-39,46-49H,8-19,40-45H2,1-6H3. The van der Waals surface area contributed by atoms with Crippen LogP contribution >= 0.6 is 0 Å². The van der Waals surface area contributed by atoms with Crippen molar-refractivity contribution in [3.05, 3.63) is 191 Å². The highest BCUT2D eigenvalue weighted by molar-refractivity contribution is 5.91. The van der Waals surface area contributed by atoms with E-state index in [2.05, 4.69) is 180 Å². The van der Waals surface area contributed by atoms with E-state index in [-0.39, 0.29) is 16.2 Å². The Morgan fingerprint density at radius 2 is 0.606 bits per heavy atom. The minimum absolute atomic E-state index is 0.00805. The lowest BCUT2D eigenvalue weighted by molar-refractivity contribution is 0.414. The SMILES string of the molecule is [CH]c1ccc(-c2ccc3c(c2)C(CCCC)(CCCC)c2cc(N(c4ccc5c(c4)C(CCCC)(CCCC)c4ccccc4-5)c4ccc5c(c4)C(CCCC)(CCCC)c4ccccc4-5)ccc2-3)cc1. The number of anilines is 3. The summed E-state index contributed by atoms with van der Waals surface area (Å²) >= 11 is 0. The average Bonchev–Trinajstić information content (AvgIpc) is 3.96. The molecule has 0 spiro atoms. The fourth-order valence-electron chi connectivity index (χ4n) is 14.0. The van der Waals surface area contributed by atoms with Gasteiger partial charge in [0.1, 0.15) is 0 Å². The van der Waals surface area contributed by atoms with E-state index in [9.17, 15) is 0 Å². The fourth-order valence-corrected chi connectivity index (χ4v) is 14.0. The molecule has 0 bridgehead atoms. The van der Waals surface area contributed by atoms with Gasteiger partial charge in [0, 0.05) is 33.3 Å². The van der Waals surface area contributed by atoms with E-state index in [1.165, 1.54) is 198 Å². The van der Waals surface area contributed by atoms with Crippen molar-refractivity contribution in [2.75, 3.05) is 4.90 Å². The molecule has 10 rings (SSSR count). The van der Waals surface area contributed by atoms with Gasteiger partial charge in [0.2, 0.25) is 0 Å². The smallest absolute Gasteiger partial charge is 0.0465 e. The third-order valence-electron chi connectivity index (χ3n) is 17.6. The average molecular weight is 934 g/mol. The molecule has 1 heteroatoms. The number of hydrogen-bond acceptors (Lipinski definition) is 1. The van der Waals surface area contributed by atoms with Crippen LogP contribution in [0.4, 0.5) is 17.1 Å². The quantitative estimate of drug-likeness (QED) is 0.0655. The molecule has 0 saturated carbocycles. The summed E-state index contributed by atoms with van der Waals surface area (Å²) in [5.74, 6) is 0. The summed E-state index contributed by atoms with van der Waals surface area (Å²) in [6.07, 6.45) is 21.4. The van der Waals surface area contributed by atoms with Crippen LogP contribution in [0, 0.1) is 6.92 Å². The molecule has 0 N–H and O–H groups in total. The maximum atomic E-state index is 6.22. The van der Waals surface area contributed by atoms with Gasteiger partial charge in [-0.05, 0) is 171 Å². The van der Waals surface area contributed by atoms with E-state index in [4.69, 9.17) is 6.92 Å². The number of hydrogen-bond donors (Lipinski definition) is 0. The van der Waals surface area contributed by atoms with Crippen LogP contribution < -0.4 is 4.90 Å². The predicted molar refractivity (Wildman–Crippen MR) is 306 cm³/mol. The minimum Gasteiger partial charge on any atom is -0.310 e. The van der Waals surface area contributed by atoms with Crippen LogP contribution in [-0.2, 0) is 16.2 Å². The zero-order valence-corrected chi connectivity index (χ0v) is 44.1. The first-order valence-electron chi connectivity index (χ1n) is 28.3. The highest BCUT2D eigenvalue weighted by atomic mass is 15.1. The molecule has 3 aliphatic rings. The van der Waals surface area contributed by atoms with Crippen molar-refractivity contribution in [2.24, 2.45) is 0 Å². The lowest BCUT2D eigenvalue weighted by atomic mass is 9.70. The third-order valence-corrected chi connectivity index (χ3v) is 17.6. The molecular weight excluding hydrogens is 855 g/mol. The summed E-state index contributed by atoms with van der Waals surface area (Å²) < 4.78 is 0. The van der Waals surface area contributed by atoms with E-state index in [1.807, 2.05) is 12.1 Å². The van der Waals surface area contributed by atoms with Gasteiger partial charge in [-0.2, -0.15) is 0 Å². The molecule has 0 aliphatic heterocycles. The maximum Gasteiger partial charge on any atom is 0.0465 e. The minimum atomic E-state index is -0.0910. The molecule has 0 saturated heterocycles. The van der Waals surface area contributed by atoms with Gasteiger partial charge in [-0.1, -0.05) is 222 Å². The molecule has 71 heavy (non-hydrogen) atoms. The molecule has 3 aliphatic carbocycles. The molecule has 0 amide bonds. The third kappa shape index (κ3) is 8.42. The Kier molecular flexibility index (Phi) is 14.4. The highest BCUT2D eigenvalue weighted by Crippen LogP contribution is 2.60. The molecule has 2 radical (unpaired) electrons. The summed E-state index contributed by atoms with van der Waals surface area (Å²) in [5.41, 5.74) is 24.7. The van der Waals surface area contributed by atoms with Gasteiger partial charge < -0.3 is 4.90 Å². The second-order valence-corrected chi connectivity index (χ2v) is 21.9. The Morgan fingerprint density at radius 3 is 0.972 bits per heavy atom. The van der Waals surface area contributed by atoms with Crippen molar-refractivity contribution < 1.29 is 0 Å². The first-order valence-corrected chi connectivity index (χ1v) is 28.3. The molecule has 0 atom stereocenters. The van der Waals surface area contributed by atoms with E-state index in [0.717, 1.165) is 18.4 Å². The lowest BCUT2D eigenvalue weighted by Gasteiger charge is -2.36. The molecule has 7 aromatic rings. The maximum absolute atomic E-state index is 6.22. The number of fused-ring (bicyclic) bond motifs is 9. The number of unbranched alkanes of at least 4 members (excludes halogenated alkanes) is 6. The zero-order chi connectivity index (χ0) is 49.2. The Hall–Kier alpha value is -5.66. The molecule has 0 heterocycles. The first-order chi connectivity index (χ1) is 34.8. The van der Waals surface area contributed by atoms with Crippen molar-refractivity contribution in [3.63, 3.8) is 0 Å². The van der Waals surface area contributed by atoms with Gasteiger partial charge in [-0.15, -0.1) is 0 Å². The normalized spacial score (nSPS) is 14.9. The molecule has 0 unspecified atom stereocenters. The van der Waals surface area contributed by atoms with Crippen LogP contribution in [-0.4, -0.2) is 0 Å². The Bertz CT molecular complexity index is 2840. The lowest BCUT2D eigenvalue weighted by Crippen LogP contribution is -2.27. The highest BCUT2D eigenvalue weighted by Gasteiger charge is 2.46. The molecule has 1 nitrogen and oxygen atoms in total. The van der Waals surface area contributed by atoms with Crippen LogP contribution in [0.2, 0.25) is 0 Å². The number of nitrogens with zero attached hydrogens (tertiary/aromatic N) is 1. The van der Waals surface area contributed by atoms with Crippen molar-refractivity contribution in [1.82, 2.24) is 0 Å². The van der Waals surface area contributed by atoms with Gasteiger partial charge in [0.25, 0.3) is 0 Å². The topological polar surface area (TPSA) is 3.24 Å². The monoisotopic (exact) mass is 934 g/mol. The number of rotatable bonds is 22. The van der Waals surface area contributed by atoms with Gasteiger partial charge in [-0.25, -0.2) is 0 Å². The van der Waals surface area contributed by atoms with E-state index in [1.54, 1.807) is 0 Å². The summed E-state index contributed by atoms with van der Waals surface area (Å²) in [7, 11) is 0. The van der Waals surface area contributed by atoms with Crippen LogP contribution in [0.3, 0.4) is 0 Å². The second-order valence-electron chi connectivity index (χ2n) is 21.9. The molecule has 364 valence electrons. The second kappa shape index (κ2) is 20.8. The summed E-state index contributed by atoms with van der Waals surface area (Å²) in [6, 6.07) is 57.5. The van der Waals surface area contributed by atoms with Crippen molar-refractivity contribution >= 4 is 17.1 Å². The molecular formula is C70H79N. The molecule has 0 aromatic heterocycles. The van der Waals surface area contributed by atoms with Crippen molar-refractivity contribution in [3.8, 4) is 44.5 Å². The summed E-state index contributed by atoms with van der Waals surface area (Å²) in [5, 5.41) is 0. The van der Waals surface area contributed by atoms with Crippen molar-refractivity contribution in [1.29, 1.82) is 0 Å². The Morgan fingerprint density at radius 1 is 0.310 bits per heavy atom. The zero-order valence-electron chi connectivity index (χ0n) is 44.1. The van der Waals surface area contributed by atoms with Gasteiger partial charge >= 0.3 is 0 Å². The Labute approximate surface area is 429 Å². The van der Waals surface area contributed by atoms with Crippen LogP contribution in [0.1, 0.15) is 196 Å². The largest absolute Gasteiger partial charge is 0.310 e. The number of benzene rings is 7. The van der Waals surface area contributed by atoms with E-state index in [0.29, 0.717) is 0 Å². The van der Waals surface area contributed by atoms with E-state index < -0.39 is 0 Å². The van der Waals surface area contributed by atoms with E-state index >= 15 is 0 Å². The molecule has 0 fully saturated rings. The van der Waals surface area contributed by atoms with Crippen molar-refractivity contribution in [2.45, 2.75) is 173 Å².